The van der Waals surface area contributed by atoms with Gasteiger partial charge in [0.1, 0.15) is 0 Å². The van der Waals surface area contributed by atoms with E-state index in [1.54, 1.807) is 29.9 Å². The van der Waals surface area contributed by atoms with Crippen LogP contribution in [0.3, 0.4) is 0 Å². The lowest BCUT2D eigenvalue weighted by Gasteiger charge is -2.26. The lowest BCUT2D eigenvalue weighted by atomic mass is 9.93. The van der Waals surface area contributed by atoms with Gasteiger partial charge < -0.3 is 5.32 Å². The van der Waals surface area contributed by atoms with Crippen LogP contribution in [0.5, 0.6) is 0 Å². The highest BCUT2D eigenvalue weighted by atomic mass is 32.2. The van der Waals surface area contributed by atoms with Gasteiger partial charge in [-0.3, -0.25) is 9.48 Å². The molecule has 3 rings (SSSR count). The SMILES string of the molecule is Cc1c(C(C)NS(=O)(=O)c2cccc(C(=O)NC3CCC3)c2)cnn1C. The maximum absolute atomic E-state index is 12.7. The smallest absolute Gasteiger partial charge is 0.251 e. The Bertz CT molecular complexity index is 916. The molecule has 0 saturated heterocycles. The fourth-order valence-corrected chi connectivity index (χ4v) is 4.20. The van der Waals surface area contributed by atoms with Crippen LogP contribution in [0.15, 0.2) is 35.4 Å². The van der Waals surface area contributed by atoms with Crippen LogP contribution in [0.25, 0.3) is 0 Å². The van der Waals surface area contributed by atoms with E-state index in [0.29, 0.717) is 5.56 Å². The summed E-state index contributed by atoms with van der Waals surface area (Å²) in [5.41, 5.74) is 2.06. The Morgan fingerprint density at radius 3 is 2.65 bits per heavy atom. The molecule has 0 radical (unpaired) electrons. The Morgan fingerprint density at radius 1 is 1.35 bits per heavy atom. The van der Waals surface area contributed by atoms with Crippen molar-refractivity contribution in [3.63, 3.8) is 0 Å². The zero-order chi connectivity index (χ0) is 18.9. The first kappa shape index (κ1) is 18.6. The summed E-state index contributed by atoms with van der Waals surface area (Å²) in [5, 5.41) is 7.07. The monoisotopic (exact) mass is 376 g/mol. The third-order valence-electron chi connectivity index (χ3n) is 4.92. The van der Waals surface area contributed by atoms with E-state index in [-0.39, 0.29) is 16.8 Å². The standard InChI is InChI=1S/C18H24N4O3S/c1-12(17-11-19-22(3)13(17)2)21-26(24,25)16-9-4-6-14(10-16)18(23)20-15-7-5-8-15/h4,6,9-12,15,21H,5,7-8H2,1-3H3,(H,20,23). The number of carbonyl (C=O) groups is 1. The van der Waals surface area contributed by atoms with E-state index in [9.17, 15) is 13.2 Å². The quantitative estimate of drug-likeness (QED) is 0.807. The molecule has 1 atom stereocenters. The number of carbonyl (C=O) groups excluding carboxylic acids is 1. The minimum atomic E-state index is -3.76. The van der Waals surface area contributed by atoms with Gasteiger partial charge in [-0.1, -0.05) is 6.07 Å². The molecular formula is C18H24N4O3S. The Morgan fingerprint density at radius 2 is 2.08 bits per heavy atom. The second kappa shape index (κ2) is 7.20. The molecule has 7 nitrogen and oxygen atoms in total. The normalized spacial score (nSPS) is 16.1. The highest BCUT2D eigenvalue weighted by Crippen LogP contribution is 2.21. The minimum absolute atomic E-state index is 0.0761. The Hall–Kier alpha value is -2.19. The maximum Gasteiger partial charge on any atom is 0.251 e. The number of amides is 1. The number of hydrogen-bond donors (Lipinski definition) is 2. The van der Waals surface area contributed by atoms with Gasteiger partial charge in [-0.2, -0.15) is 5.10 Å². The van der Waals surface area contributed by atoms with E-state index in [4.69, 9.17) is 0 Å². The number of nitrogens with zero attached hydrogens (tertiary/aromatic N) is 2. The first-order valence-corrected chi connectivity index (χ1v) is 10.2. The molecule has 1 heterocycles. The molecule has 8 heteroatoms. The molecule has 1 aromatic carbocycles. The van der Waals surface area contributed by atoms with Crippen molar-refractivity contribution in [2.45, 2.75) is 50.1 Å². The van der Waals surface area contributed by atoms with E-state index >= 15 is 0 Å². The minimum Gasteiger partial charge on any atom is -0.349 e. The Kier molecular flexibility index (Phi) is 5.15. The first-order valence-electron chi connectivity index (χ1n) is 8.69. The van der Waals surface area contributed by atoms with Crippen LogP contribution >= 0.6 is 0 Å². The fraction of sp³-hybridized carbons (Fsp3) is 0.444. The maximum atomic E-state index is 12.7. The summed E-state index contributed by atoms with van der Waals surface area (Å²) in [7, 11) is -1.95. The van der Waals surface area contributed by atoms with E-state index < -0.39 is 16.1 Å². The number of sulfonamides is 1. The summed E-state index contributed by atoms with van der Waals surface area (Å²) in [6.07, 6.45) is 4.74. The summed E-state index contributed by atoms with van der Waals surface area (Å²) >= 11 is 0. The Labute approximate surface area is 153 Å². The third-order valence-corrected chi connectivity index (χ3v) is 6.46. The average Bonchev–Trinajstić information content (AvgIpc) is 2.90. The van der Waals surface area contributed by atoms with E-state index in [1.165, 1.54) is 12.1 Å². The zero-order valence-electron chi connectivity index (χ0n) is 15.2. The van der Waals surface area contributed by atoms with Crippen molar-refractivity contribution in [2.75, 3.05) is 0 Å². The number of nitrogens with one attached hydrogen (secondary N) is 2. The van der Waals surface area contributed by atoms with Gasteiger partial charge in [0, 0.05) is 36.0 Å². The summed E-state index contributed by atoms with van der Waals surface area (Å²) < 4.78 is 29.8. The van der Waals surface area contributed by atoms with Gasteiger partial charge >= 0.3 is 0 Å². The summed E-state index contributed by atoms with van der Waals surface area (Å²) in [4.78, 5) is 12.4. The molecule has 1 amide bonds. The number of hydrogen-bond acceptors (Lipinski definition) is 4. The van der Waals surface area contributed by atoms with Crippen molar-refractivity contribution < 1.29 is 13.2 Å². The molecule has 2 N–H and O–H groups in total. The van der Waals surface area contributed by atoms with Gasteiger partial charge in [-0.15, -0.1) is 0 Å². The highest BCUT2D eigenvalue weighted by molar-refractivity contribution is 7.89. The predicted octanol–water partition coefficient (Wildman–Crippen LogP) is 2.05. The second-order valence-corrected chi connectivity index (χ2v) is 8.50. The predicted molar refractivity (Wildman–Crippen MR) is 98.2 cm³/mol. The molecule has 0 bridgehead atoms. The molecule has 0 aliphatic heterocycles. The van der Waals surface area contributed by atoms with Gasteiger partial charge in [-0.25, -0.2) is 13.1 Å². The molecule has 1 unspecified atom stereocenters. The molecule has 2 aromatic rings. The lowest BCUT2D eigenvalue weighted by Crippen LogP contribution is -2.39. The molecule has 1 aliphatic carbocycles. The van der Waals surface area contributed by atoms with Gasteiger partial charge in [0.15, 0.2) is 0 Å². The summed E-state index contributed by atoms with van der Waals surface area (Å²) in [5.74, 6) is -0.233. The van der Waals surface area contributed by atoms with Crippen LogP contribution in [0.4, 0.5) is 0 Å². The largest absolute Gasteiger partial charge is 0.349 e. The van der Waals surface area contributed by atoms with Crippen molar-refractivity contribution >= 4 is 15.9 Å². The number of aromatic nitrogens is 2. The number of benzene rings is 1. The molecule has 0 spiro atoms. The van der Waals surface area contributed by atoms with Crippen molar-refractivity contribution in [1.82, 2.24) is 19.8 Å². The molecular weight excluding hydrogens is 352 g/mol. The van der Waals surface area contributed by atoms with Crippen LogP contribution in [-0.2, 0) is 17.1 Å². The number of rotatable bonds is 6. The van der Waals surface area contributed by atoms with E-state index in [1.807, 2.05) is 14.0 Å². The van der Waals surface area contributed by atoms with Crippen LogP contribution in [0, 0.1) is 6.92 Å². The summed E-state index contributed by atoms with van der Waals surface area (Å²) in [6, 6.07) is 5.90. The van der Waals surface area contributed by atoms with Gasteiger partial charge in [0.2, 0.25) is 10.0 Å². The second-order valence-electron chi connectivity index (χ2n) is 6.78. The molecule has 1 aromatic heterocycles. The van der Waals surface area contributed by atoms with Crippen molar-refractivity contribution in [3.05, 3.63) is 47.3 Å². The van der Waals surface area contributed by atoms with Crippen LogP contribution < -0.4 is 10.0 Å². The average molecular weight is 376 g/mol. The van der Waals surface area contributed by atoms with E-state index in [0.717, 1.165) is 30.5 Å². The van der Waals surface area contributed by atoms with Crippen LogP contribution in [0.2, 0.25) is 0 Å². The molecule has 26 heavy (non-hydrogen) atoms. The van der Waals surface area contributed by atoms with Crippen molar-refractivity contribution in [2.24, 2.45) is 7.05 Å². The van der Waals surface area contributed by atoms with Crippen LogP contribution in [-0.4, -0.2) is 30.1 Å². The fourth-order valence-electron chi connectivity index (χ4n) is 2.93. The highest BCUT2D eigenvalue weighted by Gasteiger charge is 2.23. The number of aryl methyl sites for hydroxylation is 1. The van der Waals surface area contributed by atoms with Gasteiger partial charge in [-0.05, 0) is 51.3 Å². The topological polar surface area (TPSA) is 93.1 Å². The van der Waals surface area contributed by atoms with Crippen molar-refractivity contribution in [3.8, 4) is 0 Å². The molecule has 1 aliphatic rings. The summed E-state index contributed by atoms with van der Waals surface area (Å²) in [6.45, 7) is 3.66. The van der Waals surface area contributed by atoms with Gasteiger partial charge in [0.25, 0.3) is 5.91 Å². The molecule has 140 valence electrons. The van der Waals surface area contributed by atoms with Crippen LogP contribution in [0.1, 0.15) is 53.8 Å². The Balaban J connectivity index is 1.77. The lowest BCUT2D eigenvalue weighted by molar-refractivity contribution is 0.0916. The first-order chi connectivity index (χ1) is 12.3. The van der Waals surface area contributed by atoms with E-state index in [2.05, 4.69) is 15.1 Å². The van der Waals surface area contributed by atoms with Gasteiger partial charge in [0.05, 0.1) is 11.1 Å². The molecule has 1 fully saturated rings. The third kappa shape index (κ3) is 3.81. The van der Waals surface area contributed by atoms with Crippen molar-refractivity contribution in [1.29, 1.82) is 0 Å². The molecule has 1 saturated carbocycles. The zero-order valence-corrected chi connectivity index (χ0v) is 16.0.